The van der Waals surface area contributed by atoms with Crippen LogP contribution in [-0.4, -0.2) is 55.7 Å². The summed E-state index contributed by atoms with van der Waals surface area (Å²) >= 11 is 0. The molecule has 0 radical (unpaired) electrons. The van der Waals surface area contributed by atoms with E-state index < -0.39 is 12.0 Å². The first-order chi connectivity index (χ1) is 14.9. The number of methoxy groups -OCH3 is 1. The molecule has 1 amide bonds. The molecule has 1 fully saturated rings. The van der Waals surface area contributed by atoms with Gasteiger partial charge in [0.2, 0.25) is 0 Å². The lowest BCUT2D eigenvalue weighted by molar-refractivity contribution is -0.144. The van der Waals surface area contributed by atoms with Gasteiger partial charge in [-0.2, -0.15) is 0 Å². The van der Waals surface area contributed by atoms with E-state index >= 15 is 0 Å². The average Bonchev–Trinajstić information content (AvgIpc) is 2.79. The highest BCUT2D eigenvalue weighted by Crippen LogP contribution is 2.32. The molecule has 1 aliphatic rings. The fraction of sp³-hybridized carbons (Fsp3) is 0.440. The van der Waals surface area contributed by atoms with E-state index in [4.69, 9.17) is 9.47 Å². The molecule has 1 heterocycles. The Morgan fingerprint density at radius 1 is 1.03 bits per heavy atom. The van der Waals surface area contributed by atoms with Gasteiger partial charge in [0, 0.05) is 12.6 Å². The molecule has 1 saturated heterocycles. The van der Waals surface area contributed by atoms with Gasteiger partial charge in [-0.25, -0.2) is 4.79 Å². The van der Waals surface area contributed by atoms with Gasteiger partial charge in [-0.1, -0.05) is 42.5 Å². The quantitative estimate of drug-likeness (QED) is 0.634. The van der Waals surface area contributed by atoms with Crippen molar-refractivity contribution in [3.8, 4) is 5.75 Å². The van der Waals surface area contributed by atoms with E-state index in [1.54, 1.807) is 11.0 Å². The van der Waals surface area contributed by atoms with Gasteiger partial charge in [0.25, 0.3) is 0 Å². The number of hydrogen-bond acceptors (Lipinski definition) is 5. The molecular weight excluding hydrogens is 392 g/mol. The van der Waals surface area contributed by atoms with Gasteiger partial charge >= 0.3 is 12.1 Å². The van der Waals surface area contributed by atoms with Crippen molar-refractivity contribution in [1.82, 2.24) is 9.80 Å². The van der Waals surface area contributed by atoms with Crippen molar-refractivity contribution in [2.24, 2.45) is 0 Å². The lowest BCUT2D eigenvalue weighted by Crippen LogP contribution is -2.49. The summed E-state index contributed by atoms with van der Waals surface area (Å²) in [5.41, 5.74) is 1.92. The van der Waals surface area contributed by atoms with Crippen LogP contribution in [0, 0.1) is 0 Å². The van der Waals surface area contributed by atoms with Crippen molar-refractivity contribution in [2.75, 3.05) is 27.7 Å². The smallest absolute Gasteiger partial charge is 0.415 e. The van der Waals surface area contributed by atoms with Gasteiger partial charge < -0.3 is 19.3 Å². The monoisotopic (exact) mass is 424 g/mol. The first-order valence-electron chi connectivity index (χ1n) is 10.8. The number of nitrogens with zero attached hydrogens (tertiary/aromatic N) is 2. The minimum atomic E-state index is -0.542. The molecule has 2 aromatic carbocycles. The van der Waals surface area contributed by atoms with Crippen LogP contribution in [0.25, 0.3) is 0 Å². The molecule has 6 heteroatoms. The maximum atomic E-state index is 13.2. The van der Waals surface area contributed by atoms with E-state index in [0.717, 1.165) is 30.4 Å². The average molecular weight is 425 g/mol. The summed E-state index contributed by atoms with van der Waals surface area (Å²) in [5.74, 6) is -0.369. The van der Waals surface area contributed by atoms with Crippen LogP contribution >= 0.6 is 0 Å². The molecule has 2 unspecified atom stereocenters. The van der Waals surface area contributed by atoms with Crippen molar-refractivity contribution in [2.45, 2.75) is 44.2 Å². The van der Waals surface area contributed by atoms with Gasteiger partial charge in [0.15, 0.2) is 0 Å². The van der Waals surface area contributed by atoms with E-state index in [1.807, 2.05) is 62.6 Å². The Labute approximate surface area is 184 Å². The molecule has 0 aliphatic carbocycles. The third-order valence-electron chi connectivity index (χ3n) is 6.10. The van der Waals surface area contributed by atoms with Gasteiger partial charge in [-0.15, -0.1) is 0 Å². The molecule has 3 rings (SSSR count). The Kier molecular flexibility index (Phi) is 7.69. The molecule has 0 spiro atoms. The fourth-order valence-corrected chi connectivity index (χ4v) is 4.13. The van der Waals surface area contributed by atoms with Crippen molar-refractivity contribution in [1.29, 1.82) is 0 Å². The maximum Gasteiger partial charge on any atom is 0.415 e. The number of carbonyl (C=O) groups is 2. The summed E-state index contributed by atoms with van der Waals surface area (Å²) in [6.45, 7) is 2.65. The lowest BCUT2D eigenvalue weighted by atomic mass is 9.85. The Bertz CT molecular complexity index is 884. The summed E-state index contributed by atoms with van der Waals surface area (Å²) in [5, 5.41) is 0. The molecule has 31 heavy (non-hydrogen) atoms. The number of rotatable bonds is 6. The van der Waals surface area contributed by atoms with Crippen LogP contribution in [0.5, 0.6) is 5.75 Å². The molecular formula is C25H32N2O4. The van der Waals surface area contributed by atoms with E-state index in [0.29, 0.717) is 12.3 Å². The van der Waals surface area contributed by atoms with Gasteiger partial charge in [-0.3, -0.25) is 4.79 Å². The molecule has 2 aromatic rings. The van der Waals surface area contributed by atoms with Crippen molar-refractivity contribution in [3.05, 3.63) is 65.7 Å². The Morgan fingerprint density at radius 3 is 2.42 bits per heavy atom. The second-order valence-electron chi connectivity index (χ2n) is 8.25. The van der Waals surface area contributed by atoms with Crippen molar-refractivity contribution >= 4 is 12.1 Å². The standard InChI is InChI=1S/C25H32N2O4/c1-18(26(2)3)20-13-10-14-21(17-20)31-25(29)27-16-9-8-15-22(27)23(24(28)30-4)19-11-6-5-7-12-19/h5-7,10-14,17-18,22-23H,8-9,15-16H2,1-4H3/t18-,22?,23?/m0/s1. The van der Waals surface area contributed by atoms with Crippen LogP contribution in [0.2, 0.25) is 0 Å². The predicted octanol–water partition coefficient (Wildman–Crippen LogP) is 4.62. The Balaban J connectivity index is 1.83. The van der Waals surface area contributed by atoms with Crippen LogP contribution in [-0.2, 0) is 9.53 Å². The molecule has 0 bridgehead atoms. The summed E-state index contributed by atoms with van der Waals surface area (Å²) in [6, 6.07) is 17.0. The molecule has 6 nitrogen and oxygen atoms in total. The first kappa shape index (κ1) is 22.8. The third-order valence-corrected chi connectivity index (χ3v) is 6.10. The first-order valence-corrected chi connectivity index (χ1v) is 10.8. The number of carbonyl (C=O) groups excluding carboxylic acids is 2. The molecule has 0 aromatic heterocycles. The van der Waals surface area contributed by atoms with Crippen molar-refractivity contribution in [3.63, 3.8) is 0 Å². The number of likely N-dealkylation sites (tertiary alicyclic amines) is 1. The highest BCUT2D eigenvalue weighted by atomic mass is 16.6. The topological polar surface area (TPSA) is 59.1 Å². The molecule has 1 aliphatic heterocycles. The predicted molar refractivity (Wildman–Crippen MR) is 120 cm³/mol. The van der Waals surface area contributed by atoms with Crippen LogP contribution < -0.4 is 4.74 Å². The SMILES string of the molecule is COC(=O)C(c1ccccc1)C1CCCCN1C(=O)Oc1cccc([C@H](C)N(C)C)c1. The minimum Gasteiger partial charge on any atom is -0.468 e. The molecule has 0 N–H and O–H groups in total. The van der Waals surface area contributed by atoms with Gasteiger partial charge in [-0.05, 0) is 63.5 Å². The molecule has 166 valence electrons. The Hall–Kier alpha value is -2.86. The zero-order valence-electron chi connectivity index (χ0n) is 18.8. The lowest BCUT2D eigenvalue weighted by Gasteiger charge is -2.38. The fourth-order valence-electron chi connectivity index (χ4n) is 4.13. The van der Waals surface area contributed by atoms with Crippen LogP contribution in [0.15, 0.2) is 54.6 Å². The number of hydrogen-bond donors (Lipinski definition) is 0. The van der Waals surface area contributed by atoms with E-state index in [2.05, 4.69) is 11.8 Å². The van der Waals surface area contributed by atoms with Crippen molar-refractivity contribution < 1.29 is 19.1 Å². The largest absolute Gasteiger partial charge is 0.468 e. The summed E-state index contributed by atoms with van der Waals surface area (Å²) in [4.78, 5) is 29.7. The summed E-state index contributed by atoms with van der Waals surface area (Å²) < 4.78 is 10.9. The second kappa shape index (κ2) is 10.4. The number of ether oxygens (including phenoxy) is 2. The number of benzene rings is 2. The van der Waals surface area contributed by atoms with Crippen LogP contribution in [0.3, 0.4) is 0 Å². The Morgan fingerprint density at radius 2 is 1.74 bits per heavy atom. The molecule has 3 atom stereocenters. The zero-order chi connectivity index (χ0) is 22.4. The second-order valence-corrected chi connectivity index (χ2v) is 8.25. The molecule has 0 saturated carbocycles. The van der Waals surface area contributed by atoms with Crippen LogP contribution in [0.4, 0.5) is 4.79 Å². The minimum absolute atomic E-state index is 0.197. The highest BCUT2D eigenvalue weighted by Gasteiger charge is 2.39. The highest BCUT2D eigenvalue weighted by molar-refractivity contribution is 5.81. The maximum absolute atomic E-state index is 13.2. The summed E-state index contributed by atoms with van der Waals surface area (Å²) in [7, 11) is 5.41. The normalized spacial score (nSPS) is 18.4. The number of esters is 1. The number of piperidine rings is 1. The van der Waals surface area contributed by atoms with E-state index in [-0.39, 0.29) is 18.1 Å². The van der Waals surface area contributed by atoms with Gasteiger partial charge in [0.1, 0.15) is 11.7 Å². The number of amides is 1. The van der Waals surface area contributed by atoms with E-state index in [1.165, 1.54) is 7.11 Å². The zero-order valence-corrected chi connectivity index (χ0v) is 18.8. The van der Waals surface area contributed by atoms with Crippen LogP contribution in [0.1, 0.15) is 49.3 Å². The van der Waals surface area contributed by atoms with Gasteiger partial charge in [0.05, 0.1) is 13.2 Å². The van der Waals surface area contributed by atoms with E-state index in [9.17, 15) is 9.59 Å². The third kappa shape index (κ3) is 5.44. The summed E-state index contributed by atoms with van der Waals surface area (Å²) in [6.07, 6.45) is 2.13.